The Morgan fingerprint density at radius 1 is 1.12 bits per heavy atom. The normalized spacial score (nSPS) is 10.9. The summed E-state index contributed by atoms with van der Waals surface area (Å²) in [5.41, 5.74) is 0.908. The van der Waals surface area contributed by atoms with E-state index in [1.807, 2.05) is 6.07 Å². The summed E-state index contributed by atoms with van der Waals surface area (Å²) in [5.74, 6) is 0.0987. The molecule has 0 aliphatic rings. The van der Waals surface area contributed by atoms with Crippen molar-refractivity contribution in [2.75, 3.05) is 16.6 Å². The van der Waals surface area contributed by atoms with E-state index in [1.165, 1.54) is 29.7 Å². The molecule has 3 rings (SSSR count). The number of rotatable bonds is 10. The molecule has 0 spiro atoms. The van der Waals surface area contributed by atoms with Gasteiger partial charge < -0.3 is 10.1 Å². The highest BCUT2D eigenvalue weighted by molar-refractivity contribution is 7.93. The van der Waals surface area contributed by atoms with E-state index in [1.54, 1.807) is 35.7 Å². The molecule has 0 atom stereocenters. The number of amides is 1. The van der Waals surface area contributed by atoms with Gasteiger partial charge >= 0.3 is 0 Å². The fourth-order valence-corrected chi connectivity index (χ4v) is 4.81. The molecule has 33 heavy (non-hydrogen) atoms. The second-order valence-corrected chi connectivity index (χ2v) is 9.91. The molecule has 8 nitrogen and oxygen atoms in total. The van der Waals surface area contributed by atoms with E-state index < -0.39 is 15.9 Å². The summed E-state index contributed by atoms with van der Waals surface area (Å²) in [5, 5.41) is 7.55. The standard InChI is InChI=1S/C22H24N4O4S3/c1-2-3-6-14-30-19-8-5-4-7-18(19)20(27)25-21(31)24-16-9-11-17(12-10-16)33(28,29)26-22-23-13-15-32-22/h4-5,7-13,15H,2-3,6,14H2,1H3,(H,23,26)(H2,24,25,27,31). The third kappa shape index (κ3) is 7.24. The third-order valence-corrected chi connectivity index (χ3v) is 6.82. The molecule has 1 heterocycles. The summed E-state index contributed by atoms with van der Waals surface area (Å²) in [6.07, 6.45) is 4.57. The monoisotopic (exact) mass is 504 g/mol. The molecule has 0 radical (unpaired) electrons. The maximum atomic E-state index is 12.7. The molecular formula is C22H24N4O4S3. The van der Waals surface area contributed by atoms with Crippen LogP contribution < -0.4 is 20.1 Å². The lowest BCUT2D eigenvalue weighted by molar-refractivity contribution is 0.0973. The van der Waals surface area contributed by atoms with Gasteiger partial charge in [0.05, 0.1) is 17.1 Å². The first-order chi connectivity index (χ1) is 15.9. The first-order valence-corrected chi connectivity index (χ1v) is 13.0. The number of anilines is 2. The largest absolute Gasteiger partial charge is 0.493 e. The number of ether oxygens (including phenoxy) is 1. The van der Waals surface area contributed by atoms with E-state index in [9.17, 15) is 13.2 Å². The minimum absolute atomic E-state index is 0.0763. The molecule has 0 fully saturated rings. The molecular weight excluding hydrogens is 480 g/mol. The molecule has 3 N–H and O–H groups in total. The average molecular weight is 505 g/mol. The lowest BCUT2D eigenvalue weighted by Gasteiger charge is -2.13. The fraction of sp³-hybridized carbons (Fsp3) is 0.227. The number of hydrogen-bond donors (Lipinski definition) is 3. The highest BCUT2D eigenvalue weighted by atomic mass is 32.2. The molecule has 0 aliphatic heterocycles. The summed E-state index contributed by atoms with van der Waals surface area (Å²) in [6, 6.07) is 13.0. The maximum absolute atomic E-state index is 12.7. The fourth-order valence-electron chi connectivity index (χ4n) is 2.81. The van der Waals surface area contributed by atoms with Crippen molar-refractivity contribution in [2.24, 2.45) is 0 Å². The molecule has 2 aromatic carbocycles. The van der Waals surface area contributed by atoms with Crippen LogP contribution in [0.1, 0.15) is 36.5 Å². The minimum atomic E-state index is -3.75. The summed E-state index contributed by atoms with van der Waals surface area (Å²) in [4.78, 5) is 16.7. The van der Waals surface area contributed by atoms with Gasteiger partial charge in [-0.1, -0.05) is 31.9 Å². The van der Waals surface area contributed by atoms with Gasteiger partial charge in [-0.15, -0.1) is 11.3 Å². The number of carbonyl (C=O) groups excluding carboxylic acids is 1. The van der Waals surface area contributed by atoms with Gasteiger partial charge in [0.2, 0.25) is 0 Å². The van der Waals surface area contributed by atoms with Gasteiger partial charge in [-0.05, 0) is 55.0 Å². The second kappa shape index (κ2) is 11.7. The van der Waals surface area contributed by atoms with Crippen LogP contribution in [0.25, 0.3) is 0 Å². The van der Waals surface area contributed by atoms with Crippen LogP contribution in [0, 0.1) is 0 Å². The van der Waals surface area contributed by atoms with Gasteiger partial charge in [-0.2, -0.15) is 0 Å². The topological polar surface area (TPSA) is 109 Å². The van der Waals surface area contributed by atoms with Crippen LogP contribution in [0.3, 0.4) is 0 Å². The van der Waals surface area contributed by atoms with Crippen LogP contribution in [-0.4, -0.2) is 31.0 Å². The zero-order valence-electron chi connectivity index (χ0n) is 17.9. The van der Waals surface area contributed by atoms with Gasteiger partial charge in [-0.3, -0.25) is 14.8 Å². The number of nitrogens with one attached hydrogen (secondary N) is 3. The Morgan fingerprint density at radius 2 is 1.88 bits per heavy atom. The van der Waals surface area contributed by atoms with Crippen molar-refractivity contribution in [2.45, 2.75) is 31.1 Å². The Hall–Kier alpha value is -3.02. The highest BCUT2D eigenvalue weighted by Gasteiger charge is 2.16. The zero-order chi connectivity index (χ0) is 23.7. The lowest BCUT2D eigenvalue weighted by Crippen LogP contribution is -2.34. The average Bonchev–Trinajstić information content (AvgIpc) is 3.29. The molecule has 0 bridgehead atoms. The molecule has 0 aliphatic carbocycles. The third-order valence-electron chi connectivity index (χ3n) is 4.44. The lowest BCUT2D eigenvalue weighted by atomic mass is 10.2. The molecule has 0 unspecified atom stereocenters. The van der Waals surface area contributed by atoms with Crippen molar-refractivity contribution in [1.29, 1.82) is 0 Å². The molecule has 1 aromatic heterocycles. The van der Waals surface area contributed by atoms with Crippen molar-refractivity contribution in [3.05, 3.63) is 65.7 Å². The van der Waals surface area contributed by atoms with E-state index in [2.05, 4.69) is 27.3 Å². The summed E-state index contributed by atoms with van der Waals surface area (Å²) in [7, 11) is -3.75. The van der Waals surface area contributed by atoms with Crippen molar-refractivity contribution in [1.82, 2.24) is 10.3 Å². The maximum Gasteiger partial charge on any atom is 0.263 e. The molecule has 0 saturated carbocycles. The molecule has 1 amide bonds. The molecule has 174 valence electrons. The van der Waals surface area contributed by atoms with E-state index in [0.717, 1.165) is 19.3 Å². The number of benzene rings is 2. The van der Waals surface area contributed by atoms with E-state index in [0.29, 0.717) is 23.6 Å². The van der Waals surface area contributed by atoms with Crippen LogP contribution in [0.2, 0.25) is 0 Å². The number of hydrogen-bond acceptors (Lipinski definition) is 7. The Labute approximate surface area is 202 Å². The minimum Gasteiger partial charge on any atom is -0.493 e. The first-order valence-electron chi connectivity index (χ1n) is 10.3. The van der Waals surface area contributed by atoms with Gasteiger partial charge in [0.25, 0.3) is 15.9 Å². The highest BCUT2D eigenvalue weighted by Crippen LogP contribution is 2.20. The van der Waals surface area contributed by atoms with Crippen LogP contribution >= 0.6 is 23.6 Å². The van der Waals surface area contributed by atoms with Gasteiger partial charge in [0.1, 0.15) is 5.75 Å². The van der Waals surface area contributed by atoms with E-state index >= 15 is 0 Å². The molecule has 0 saturated heterocycles. The zero-order valence-corrected chi connectivity index (χ0v) is 20.4. The first kappa shape index (κ1) is 24.6. The van der Waals surface area contributed by atoms with Crippen LogP contribution in [0.5, 0.6) is 5.75 Å². The Bertz CT molecular complexity index is 1180. The number of para-hydroxylation sites is 1. The molecule has 11 heteroatoms. The number of thiocarbonyl (C=S) groups is 1. The van der Waals surface area contributed by atoms with Crippen molar-refractivity contribution >= 4 is 55.4 Å². The van der Waals surface area contributed by atoms with E-state index in [4.69, 9.17) is 17.0 Å². The number of sulfonamides is 1. The van der Waals surface area contributed by atoms with Crippen molar-refractivity contribution < 1.29 is 17.9 Å². The Balaban J connectivity index is 1.58. The summed E-state index contributed by atoms with van der Waals surface area (Å²) in [6.45, 7) is 2.65. The quantitative estimate of drug-likeness (QED) is 0.273. The predicted octanol–water partition coefficient (Wildman–Crippen LogP) is 4.64. The van der Waals surface area contributed by atoms with Gasteiger partial charge in [0, 0.05) is 17.3 Å². The van der Waals surface area contributed by atoms with Gasteiger partial charge in [0.15, 0.2) is 10.2 Å². The van der Waals surface area contributed by atoms with Crippen molar-refractivity contribution in [3.63, 3.8) is 0 Å². The second-order valence-electron chi connectivity index (χ2n) is 6.93. The summed E-state index contributed by atoms with van der Waals surface area (Å²) >= 11 is 6.43. The van der Waals surface area contributed by atoms with Gasteiger partial charge in [-0.25, -0.2) is 13.4 Å². The number of nitrogens with zero attached hydrogens (tertiary/aromatic N) is 1. The van der Waals surface area contributed by atoms with Crippen LogP contribution in [-0.2, 0) is 10.0 Å². The van der Waals surface area contributed by atoms with E-state index in [-0.39, 0.29) is 15.1 Å². The van der Waals surface area contributed by atoms with Crippen molar-refractivity contribution in [3.8, 4) is 5.75 Å². The smallest absolute Gasteiger partial charge is 0.263 e. The predicted molar refractivity (Wildman–Crippen MR) is 135 cm³/mol. The number of aromatic nitrogens is 1. The Morgan fingerprint density at radius 3 is 2.58 bits per heavy atom. The van der Waals surface area contributed by atoms with Crippen LogP contribution in [0.15, 0.2) is 65.0 Å². The number of unbranched alkanes of at least 4 members (excludes halogenated alkanes) is 2. The van der Waals surface area contributed by atoms with Crippen LogP contribution in [0.4, 0.5) is 10.8 Å². The number of carbonyl (C=O) groups is 1. The molecule has 3 aromatic rings. The number of thiazole rings is 1. The summed E-state index contributed by atoms with van der Waals surface area (Å²) < 4.78 is 33.0. The SMILES string of the molecule is CCCCCOc1ccccc1C(=O)NC(=S)Nc1ccc(S(=O)(=O)Nc2nccs2)cc1. The Kier molecular flexibility index (Phi) is 8.75.